The van der Waals surface area contributed by atoms with E-state index >= 15 is 0 Å². The van der Waals surface area contributed by atoms with Crippen LogP contribution in [0, 0.1) is 5.92 Å². The summed E-state index contributed by atoms with van der Waals surface area (Å²) in [5, 5.41) is 0.154. The normalized spacial score (nSPS) is 15.3. The van der Waals surface area contributed by atoms with E-state index in [4.69, 9.17) is 16.3 Å². The second-order valence-electron chi connectivity index (χ2n) is 8.17. The van der Waals surface area contributed by atoms with Gasteiger partial charge in [-0.2, -0.15) is 0 Å². The van der Waals surface area contributed by atoms with Crippen LogP contribution in [0.4, 0.5) is 0 Å². The third-order valence-corrected chi connectivity index (χ3v) is 7.24. The van der Waals surface area contributed by atoms with Crippen LogP contribution in [0.5, 0.6) is 5.75 Å². The van der Waals surface area contributed by atoms with E-state index in [1.54, 1.807) is 13.8 Å². The van der Waals surface area contributed by atoms with Gasteiger partial charge in [-0.1, -0.05) is 41.9 Å². The minimum atomic E-state index is -3.64. The van der Waals surface area contributed by atoms with E-state index in [9.17, 15) is 13.2 Å². The summed E-state index contributed by atoms with van der Waals surface area (Å²) >= 11 is 6.20. The average molecular weight is 465 g/mol. The summed E-state index contributed by atoms with van der Waals surface area (Å²) in [4.78, 5) is 14.4. The quantitative estimate of drug-likeness (QED) is 0.643. The maximum atomic E-state index is 12.5. The Bertz CT molecular complexity index is 988. The molecule has 1 aliphatic rings. The number of hydrogen-bond acceptors (Lipinski definition) is 4. The van der Waals surface area contributed by atoms with Crippen LogP contribution in [-0.4, -0.2) is 45.0 Å². The number of likely N-dealkylation sites (tertiary alicyclic amines) is 1. The van der Waals surface area contributed by atoms with Gasteiger partial charge in [0.25, 0.3) is 5.91 Å². The summed E-state index contributed by atoms with van der Waals surface area (Å²) in [6.07, 6.45) is 2.98. The Morgan fingerprint density at radius 2 is 1.84 bits per heavy atom. The molecule has 0 spiro atoms. The minimum absolute atomic E-state index is 0.0605. The Morgan fingerprint density at radius 3 is 2.45 bits per heavy atom. The molecule has 0 saturated carbocycles. The minimum Gasteiger partial charge on any atom is -0.482 e. The molecule has 0 aromatic heterocycles. The molecule has 0 aliphatic carbocycles. The third-order valence-electron chi connectivity index (χ3n) is 5.29. The average Bonchev–Trinajstić information content (AvgIpc) is 2.73. The lowest BCUT2D eigenvalue weighted by Gasteiger charge is -2.32. The van der Waals surface area contributed by atoms with E-state index in [1.807, 2.05) is 11.0 Å². The summed E-state index contributed by atoms with van der Waals surface area (Å²) in [6, 6.07) is 14.4. The molecular formula is C23H29ClN2O4S. The topological polar surface area (TPSA) is 75.7 Å². The molecule has 0 radical (unpaired) electrons. The van der Waals surface area contributed by atoms with Gasteiger partial charge in [-0.05, 0) is 62.8 Å². The van der Waals surface area contributed by atoms with Crippen LogP contribution in [0.25, 0.3) is 0 Å². The number of benzene rings is 2. The summed E-state index contributed by atoms with van der Waals surface area (Å²) in [6.45, 7) is 4.79. The van der Waals surface area contributed by atoms with Crippen LogP contribution < -0.4 is 9.46 Å². The fraction of sp³-hybridized carbons (Fsp3) is 0.435. The van der Waals surface area contributed by atoms with Crippen molar-refractivity contribution in [1.82, 2.24) is 9.62 Å². The number of halogens is 1. The van der Waals surface area contributed by atoms with Gasteiger partial charge >= 0.3 is 0 Å². The zero-order chi connectivity index (χ0) is 22.4. The zero-order valence-electron chi connectivity index (χ0n) is 17.9. The van der Waals surface area contributed by atoms with Gasteiger partial charge in [0.05, 0.1) is 9.92 Å². The number of ether oxygens (including phenoxy) is 1. The summed E-state index contributed by atoms with van der Waals surface area (Å²) in [5.74, 6) is 0.778. The van der Waals surface area contributed by atoms with Crippen molar-refractivity contribution in [3.63, 3.8) is 0 Å². The number of nitrogens with one attached hydrogen (secondary N) is 1. The molecule has 1 fully saturated rings. The van der Waals surface area contributed by atoms with Crippen LogP contribution >= 0.6 is 11.6 Å². The maximum absolute atomic E-state index is 12.5. The molecule has 1 saturated heterocycles. The van der Waals surface area contributed by atoms with Crippen molar-refractivity contribution in [3.05, 3.63) is 59.1 Å². The smallest absolute Gasteiger partial charge is 0.260 e. The number of piperidine rings is 1. The molecule has 1 N–H and O–H groups in total. The first kappa shape index (κ1) is 23.6. The molecule has 3 rings (SSSR count). The van der Waals surface area contributed by atoms with Gasteiger partial charge < -0.3 is 9.64 Å². The van der Waals surface area contributed by atoms with Crippen molar-refractivity contribution < 1.29 is 17.9 Å². The van der Waals surface area contributed by atoms with E-state index in [-0.39, 0.29) is 34.2 Å². The van der Waals surface area contributed by atoms with Crippen molar-refractivity contribution in [2.75, 3.05) is 19.7 Å². The highest BCUT2D eigenvalue weighted by molar-refractivity contribution is 7.89. The molecule has 0 atom stereocenters. The Labute approximate surface area is 189 Å². The Hall–Kier alpha value is -2.09. The van der Waals surface area contributed by atoms with Gasteiger partial charge in [0.15, 0.2) is 6.61 Å². The monoisotopic (exact) mass is 464 g/mol. The third kappa shape index (κ3) is 6.69. The van der Waals surface area contributed by atoms with Crippen molar-refractivity contribution >= 4 is 27.5 Å². The van der Waals surface area contributed by atoms with Gasteiger partial charge in [0, 0.05) is 19.1 Å². The highest BCUT2D eigenvalue weighted by Crippen LogP contribution is 2.28. The first-order valence-electron chi connectivity index (χ1n) is 10.5. The lowest BCUT2D eigenvalue weighted by Crippen LogP contribution is -2.41. The van der Waals surface area contributed by atoms with E-state index in [0.717, 1.165) is 19.3 Å². The van der Waals surface area contributed by atoms with Gasteiger partial charge in [0.2, 0.25) is 10.0 Å². The summed E-state index contributed by atoms with van der Waals surface area (Å²) in [7, 11) is -3.64. The van der Waals surface area contributed by atoms with Crippen molar-refractivity contribution in [2.45, 2.75) is 44.0 Å². The second kappa shape index (κ2) is 10.5. The molecule has 31 heavy (non-hydrogen) atoms. The summed E-state index contributed by atoms with van der Waals surface area (Å²) < 4.78 is 32.6. The highest BCUT2D eigenvalue weighted by Gasteiger charge is 2.24. The number of amides is 1. The Kier molecular flexibility index (Phi) is 7.97. The number of nitrogens with zero attached hydrogens (tertiary/aromatic N) is 1. The van der Waals surface area contributed by atoms with Crippen LogP contribution in [0.3, 0.4) is 0 Å². The summed E-state index contributed by atoms with van der Waals surface area (Å²) in [5.41, 5.74) is 1.33. The number of carbonyl (C=O) groups is 1. The first-order chi connectivity index (χ1) is 14.7. The van der Waals surface area contributed by atoms with Crippen molar-refractivity contribution in [1.29, 1.82) is 0 Å². The SMILES string of the molecule is CC(C)NS(=O)(=O)c1ccc(OCC(=O)N2CCC(Cc3ccccc3)CC2)c(Cl)c1. The maximum Gasteiger partial charge on any atom is 0.260 e. The zero-order valence-corrected chi connectivity index (χ0v) is 19.5. The molecule has 168 valence electrons. The Morgan fingerprint density at radius 1 is 1.16 bits per heavy atom. The fourth-order valence-electron chi connectivity index (χ4n) is 3.71. The van der Waals surface area contributed by atoms with E-state index in [2.05, 4.69) is 29.0 Å². The van der Waals surface area contributed by atoms with Gasteiger partial charge in [-0.25, -0.2) is 13.1 Å². The lowest BCUT2D eigenvalue weighted by atomic mass is 9.90. The van der Waals surface area contributed by atoms with Gasteiger partial charge in [-0.3, -0.25) is 4.79 Å². The number of hydrogen-bond donors (Lipinski definition) is 1. The van der Waals surface area contributed by atoms with Crippen LogP contribution in [0.1, 0.15) is 32.3 Å². The predicted molar refractivity (Wildman–Crippen MR) is 122 cm³/mol. The molecule has 0 bridgehead atoms. The highest BCUT2D eigenvalue weighted by atomic mass is 35.5. The molecule has 8 heteroatoms. The number of sulfonamides is 1. The van der Waals surface area contributed by atoms with Gasteiger partial charge in [-0.15, -0.1) is 0 Å². The largest absolute Gasteiger partial charge is 0.482 e. The second-order valence-corrected chi connectivity index (χ2v) is 10.3. The first-order valence-corrected chi connectivity index (χ1v) is 12.4. The Balaban J connectivity index is 1.50. The van der Waals surface area contributed by atoms with Crippen molar-refractivity contribution in [2.24, 2.45) is 5.92 Å². The molecule has 1 heterocycles. The van der Waals surface area contributed by atoms with Crippen LogP contribution in [-0.2, 0) is 21.2 Å². The molecule has 0 unspecified atom stereocenters. The number of carbonyl (C=O) groups excluding carboxylic acids is 1. The standard InChI is InChI=1S/C23H29ClN2O4S/c1-17(2)25-31(28,29)20-8-9-22(21(24)15-20)30-16-23(27)26-12-10-19(11-13-26)14-18-6-4-3-5-7-18/h3-9,15,17,19,25H,10-14,16H2,1-2H3. The molecule has 2 aromatic carbocycles. The lowest BCUT2D eigenvalue weighted by molar-refractivity contribution is -0.134. The predicted octanol–water partition coefficient (Wildman–Crippen LogP) is 3.89. The van der Waals surface area contributed by atoms with E-state index < -0.39 is 10.0 Å². The van der Waals surface area contributed by atoms with Crippen LogP contribution in [0.2, 0.25) is 5.02 Å². The molecule has 1 amide bonds. The van der Waals surface area contributed by atoms with E-state index in [0.29, 0.717) is 19.0 Å². The molecule has 6 nitrogen and oxygen atoms in total. The van der Waals surface area contributed by atoms with E-state index in [1.165, 1.54) is 23.8 Å². The molecule has 1 aliphatic heterocycles. The van der Waals surface area contributed by atoms with Crippen LogP contribution in [0.15, 0.2) is 53.4 Å². The van der Waals surface area contributed by atoms with Crippen molar-refractivity contribution in [3.8, 4) is 5.75 Å². The number of rotatable bonds is 8. The fourth-order valence-corrected chi connectivity index (χ4v) is 5.29. The van der Waals surface area contributed by atoms with Gasteiger partial charge in [0.1, 0.15) is 5.75 Å². The molecular weight excluding hydrogens is 436 g/mol. The molecule has 2 aromatic rings.